The van der Waals surface area contributed by atoms with E-state index in [9.17, 15) is 4.79 Å². The van der Waals surface area contributed by atoms with Gasteiger partial charge in [0.25, 0.3) is 0 Å². The highest BCUT2D eigenvalue weighted by atomic mass is 35.5. The molecule has 1 rings (SSSR count). The van der Waals surface area contributed by atoms with Crippen LogP contribution in [0, 0.1) is 11.8 Å². The maximum Gasteiger partial charge on any atom is 0.224 e. The molecule has 2 unspecified atom stereocenters. The van der Waals surface area contributed by atoms with E-state index >= 15 is 0 Å². The Kier molecular flexibility index (Phi) is 8.61. The molecular weight excluding hydrogens is 236 g/mol. The third kappa shape index (κ3) is 5.73. The van der Waals surface area contributed by atoms with Crippen molar-refractivity contribution in [3.63, 3.8) is 0 Å². The predicted molar refractivity (Wildman–Crippen MR) is 74.5 cm³/mol. The molecule has 4 heteroatoms. The van der Waals surface area contributed by atoms with Crippen molar-refractivity contribution in [3.05, 3.63) is 0 Å². The van der Waals surface area contributed by atoms with E-state index in [2.05, 4.69) is 17.6 Å². The minimum atomic E-state index is 0. The van der Waals surface area contributed by atoms with E-state index in [1.165, 1.54) is 32.1 Å². The molecule has 0 spiro atoms. The fraction of sp³-hybridized carbons (Fsp3) is 0.923. The Morgan fingerprint density at radius 1 is 1.24 bits per heavy atom. The van der Waals surface area contributed by atoms with Crippen molar-refractivity contribution in [1.29, 1.82) is 0 Å². The Morgan fingerprint density at radius 3 is 2.35 bits per heavy atom. The third-order valence-electron chi connectivity index (χ3n) is 3.68. The minimum absolute atomic E-state index is 0. The van der Waals surface area contributed by atoms with Gasteiger partial charge in [-0.15, -0.1) is 12.4 Å². The van der Waals surface area contributed by atoms with Gasteiger partial charge in [0, 0.05) is 18.5 Å². The van der Waals surface area contributed by atoms with Crippen molar-refractivity contribution < 1.29 is 4.79 Å². The maximum atomic E-state index is 11.8. The van der Waals surface area contributed by atoms with Crippen molar-refractivity contribution in [1.82, 2.24) is 10.6 Å². The zero-order valence-corrected chi connectivity index (χ0v) is 12.1. The van der Waals surface area contributed by atoms with Crippen LogP contribution in [-0.4, -0.2) is 25.5 Å². The first-order valence-corrected chi connectivity index (χ1v) is 6.60. The molecule has 0 bridgehead atoms. The summed E-state index contributed by atoms with van der Waals surface area (Å²) in [6.45, 7) is 4.88. The van der Waals surface area contributed by atoms with Crippen LogP contribution in [0.1, 0.15) is 46.0 Å². The van der Waals surface area contributed by atoms with Crippen molar-refractivity contribution in [2.75, 3.05) is 13.6 Å². The van der Waals surface area contributed by atoms with E-state index < -0.39 is 0 Å². The molecule has 2 N–H and O–H groups in total. The number of halogens is 1. The quantitative estimate of drug-likeness (QED) is 0.799. The number of nitrogens with one attached hydrogen (secondary N) is 2. The van der Waals surface area contributed by atoms with Gasteiger partial charge in [0.05, 0.1) is 0 Å². The molecule has 0 aromatic carbocycles. The summed E-state index contributed by atoms with van der Waals surface area (Å²) in [5.41, 5.74) is 0. The van der Waals surface area contributed by atoms with E-state index in [0.29, 0.717) is 12.0 Å². The molecule has 0 heterocycles. The zero-order chi connectivity index (χ0) is 12.0. The van der Waals surface area contributed by atoms with E-state index in [4.69, 9.17) is 0 Å². The van der Waals surface area contributed by atoms with E-state index in [1.54, 1.807) is 0 Å². The number of carbonyl (C=O) groups excluding carboxylic acids is 1. The normalized spacial score (nSPS) is 20.2. The van der Waals surface area contributed by atoms with Crippen molar-refractivity contribution >= 4 is 18.3 Å². The minimum Gasteiger partial charge on any atom is -0.353 e. The number of amides is 1. The zero-order valence-electron chi connectivity index (χ0n) is 11.3. The van der Waals surface area contributed by atoms with E-state index in [0.717, 1.165) is 6.54 Å². The standard InChI is InChI=1S/C13H26N2O.ClH/c1-10(9-14-3)13(16)15-11(2)12-7-5-4-6-8-12;/h10-12,14H,4-9H2,1-3H3,(H,15,16);1H. The van der Waals surface area contributed by atoms with Crippen molar-refractivity contribution in [2.45, 2.75) is 52.0 Å². The lowest BCUT2D eigenvalue weighted by Crippen LogP contribution is -2.43. The summed E-state index contributed by atoms with van der Waals surface area (Å²) >= 11 is 0. The Bertz CT molecular complexity index is 217. The lowest BCUT2D eigenvalue weighted by Gasteiger charge is -2.29. The van der Waals surface area contributed by atoms with Crippen LogP contribution >= 0.6 is 12.4 Å². The average molecular weight is 263 g/mol. The summed E-state index contributed by atoms with van der Waals surface area (Å²) in [6.07, 6.45) is 6.59. The average Bonchev–Trinajstić information content (AvgIpc) is 2.30. The fourth-order valence-corrected chi connectivity index (χ4v) is 2.52. The third-order valence-corrected chi connectivity index (χ3v) is 3.68. The largest absolute Gasteiger partial charge is 0.353 e. The molecule has 1 aliphatic carbocycles. The Morgan fingerprint density at radius 2 is 1.82 bits per heavy atom. The van der Waals surface area contributed by atoms with Crippen LogP contribution in [0.3, 0.4) is 0 Å². The van der Waals surface area contributed by atoms with Gasteiger partial charge in [-0.25, -0.2) is 0 Å². The van der Waals surface area contributed by atoms with Gasteiger partial charge in [-0.05, 0) is 32.7 Å². The topological polar surface area (TPSA) is 41.1 Å². The van der Waals surface area contributed by atoms with Crippen LogP contribution in [0.4, 0.5) is 0 Å². The number of carbonyl (C=O) groups is 1. The molecule has 1 amide bonds. The van der Waals surface area contributed by atoms with Crippen LogP contribution < -0.4 is 10.6 Å². The molecule has 0 aromatic rings. The highest BCUT2D eigenvalue weighted by molar-refractivity contribution is 5.85. The Hall–Kier alpha value is -0.280. The van der Waals surface area contributed by atoms with Crippen LogP contribution in [0.5, 0.6) is 0 Å². The van der Waals surface area contributed by atoms with Gasteiger partial charge in [-0.1, -0.05) is 26.2 Å². The summed E-state index contributed by atoms with van der Waals surface area (Å²) < 4.78 is 0. The summed E-state index contributed by atoms with van der Waals surface area (Å²) in [6, 6.07) is 0.340. The summed E-state index contributed by atoms with van der Waals surface area (Å²) in [7, 11) is 1.88. The Labute approximate surface area is 112 Å². The number of rotatable bonds is 5. The first-order valence-electron chi connectivity index (χ1n) is 6.60. The molecule has 3 nitrogen and oxygen atoms in total. The second-order valence-corrected chi connectivity index (χ2v) is 5.15. The van der Waals surface area contributed by atoms with Gasteiger partial charge in [-0.3, -0.25) is 4.79 Å². The van der Waals surface area contributed by atoms with E-state index in [-0.39, 0.29) is 24.2 Å². The predicted octanol–water partition coefficient (Wildman–Crippen LogP) is 2.35. The second kappa shape index (κ2) is 8.76. The smallest absolute Gasteiger partial charge is 0.224 e. The first kappa shape index (κ1) is 16.7. The molecule has 0 aromatic heterocycles. The van der Waals surface area contributed by atoms with Gasteiger partial charge in [-0.2, -0.15) is 0 Å². The highest BCUT2D eigenvalue weighted by Gasteiger charge is 2.22. The molecule has 0 saturated heterocycles. The van der Waals surface area contributed by atoms with Gasteiger partial charge >= 0.3 is 0 Å². The molecule has 0 radical (unpaired) electrons. The van der Waals surface area contributed by atoms with E-state index in [1.807, 2.05) is 14.0 Å². The SMILES string of the molecule is CNCC(C)C(=O)NC(C)C1CCCCC1.Cl. The van der Waals surface area contributed by atoms with Gasteiger partial charge < -0.3 is 10.6 Å². The van der Waals surface area contributed by atoms with Gasteiger partial charge in [0.2, 0.25) is 5.91 Å². The van der Waals surface area contributed by atoms with Crippen LogP contribution in [0.25, 0.3) is 0 Å². The summed E-state index contributed by atoms with van der Waals surface area (Å²) in [5, 5.41) is 6.20. The molecule has 1 fully saturated rings. The number of hydrogen-bond acceptors (Lipinski definition) is 2. The Balaban J connectivity index is 0.00000256. The molecule has 1 saturated carbocycles. The second-order valence-electron chi connectivity index (χ2n) is 5.15. The van der Waals surface area contributed by atoms with Crippen LogP contribution in [-0.2, 0) is 4.79 Å². The molecule has 17 heavy (non-hydrogen) atoms. The molecule has 1 aliphatic rings. The molecule has 102 valence electrons. The molecule has 2 atom stereocenters. The van der Waals surface area contributed by atoms with Crippen molar-refractivity contribution in [3.8, 4) is 0 Å². The molecular formula is C13H27ClN2O. The number of hydrogen-bond donors (Lipinski definition) is 2. The summed E-state index contributed by atoms with van der Waals surface area (Å²) in [4.78, 5) is 11.8. The van der Waals surface area contributed by atoms with Crippen molar-refractivity contribution in [2.24, 2.45) is 11.8 Å². The summed E-state index contributed by atoms with van der Waals surface area (Å²) in [5.74, 6) is 0.947. The van der Waals surface area contributed by atoms with Crippen LogP contribution in [0.2, 0.25) is 0 Å². The lowest BCUT2D eigenvalue weighted by molar-refractivity contribution is -0.125. The highest BCUT2D eigenvalue weighted by Crippen LogP contribution is 2.26. The van der Waals surface area contributed by atoms with Gasteiger partial charge in [0.1, 0.15) is 0 Å². The van der Waals surface area contributed by atoms with Gasteiger partial charge in [0.15, 0.2) is 0 Å². The fourth-order valence-electron chi connectivity index (χ4n) is 2.52. The maximum absolute atomic E-state index is 11.8. The molecule has 0 aliphatic heterocycles. The first-order chi connectivity index (χ1) is 7.65. The monoisotopic (exact) mass is 262 g/mol. The lowest BCUT2D eigenvalue weighted by atomic mass is 9.84. The van der Waals surface area contributed by atoms with Crippen LogP contribution in [0.15, 0.2) is 0 Å².